The Morgan fingerprint density at radius 2 is 2.12 bits per heavy atom. The SMILES string of the molecule is OC1C=CC=NC1O. The van der Waals surface area contributed by atoms with Gasteiger partial charge in [-0.1, -0.05) is 6.08 Å². The molecule has 3 heteroatoms. The molecule has 0 saturated carbocycles. The molecule has 0 amide bonds. The standard InChI is InChI=1S/C5H7NO2/c7-4-2-1-3-6-5(4)8/h1-5,7-8H. The van der Waals surface area contributed by atoms with Gasteiger partial charge in [0.1, 0.15) is 6.10 Å². The van der Waals surface area contributed by atoms with Crippen LogP contribution >= 0.6 is 0 Å². The van der Waals surface area contributed by atoms with Crippen molar-refractivity contribution in [3.63, 3.8) is 0 Å². The summed E-state index contributed by atoms with van der Waals surface area (Å²) in [5.74, 6) is 0. The van der Waals surface area contributed by atoms with Crippen molar-refractivity contribution in [2.75, 3.05) is 0 Å². The molecular weight excluding hydrogens is 106 g/mol. The number of aliphatic hydroxyl groups is 2. The van der Waals surface area contributed by atoms with Crippen LogP contribution in [0.5, 0.6) is 0 Å². The quantitative estimate of drug-likeness (QED) is 0.436. The monoisotopic (exact) mass is 113 g/mol. The van der Waals surface area contributed by atoms with Crippen LogP contribution in [0.1, 0.15) is 0 Å². The molecule has 0 aliphatic carbocycles. The van der Waals surface area contributed by atoms with E-state index in [2.05, 4.69) is 4.99 Å². The van der Waals surface area contributed by atoms with E-state index in [1.807, 2.05) is 0 Å². The zero-order valence-electron chi connectivity index (χ0n) is 4.23. The van der Waals surface area contributed by atoms with Gasteiger partial charge in [0, 0.05) is 6.21 Å². The van der Waals surface area contributed by atoms with Gasteiger partial charge in [-0.3, -0.25) is 4.99 Å². The minimum atomic E-state index is -0.958. The first-order chi connectivity index (χ1) is 3.80. The smallest absolute Gasteiger partial charge is 0.174 e. The molecule has 1 aliphatic heterocycles. The first kappa shape index (κ1) is 5.47. The van der Waals surface area contributed by atoms with Crippen molar-refractivity contribution in [3.05, 3.63) is 12.2 Å². The summed E-state index contributed by atoms with van der Waals surface area (Å²) in [4.78, 5) is 3.50. The zero-order valence-corrected chi connectivity index (χ0v) is 4.23. The van der Waals surface area contributed by atoms with Crippen LogP contribution in [0.25, 0.3) is 0 Å². The predicted molar refractivity (Wildman–Crippen MR) is 29.6 cm³/mol. The number of aliphatic imine (C=N–C) groups is 1. The molecule has 3 nitrogen and oxygen atoms in total. The Morgan fingerprint density at radius 3 is 2.50 bits per heavy atom. The summed E-state index contributed by atoms with van der Waals surface area (Å²) in [6, 6.07) is 0. The molecule has 1 heterocycles. The van der Waals surface area contributed by atoms with Crippen molar-refractivity contribution in [1.82, 2.24) is 0 Å². The molecule has 1 rings (SSSR count). The highest BCUT2D eigenvalue weighted by molar-refractivity contribution is 5.72. The Bertz CT molecular complexity index is 114. The lowest BCUT2D eigenvalue weighted by Gasteiger charge is -2.10. The fraction of sp³-hybridized carbons (Fsp3) is 0.400. The van der Waals surface area contributed by atoms with E-state index in [-0.39, 0.29) is 0 Å². The molecule has 2 atom stereocenters. The van der Waals surface area contributed by atoms with E-state index in [9.17, 15) is 0 Å². The molecule has 0 aromatic heterocycles. The molecule has 0 bridgehead atoms. The second-order valence-corrected chi connectivity index (χ2v) is 1.59. The summed E-state index contributed by atoms with van der Waals surface area (Å²) >= 11 is 0. The van der Waals surface area contributed by atoms with Gasteiger partial charge in [0.05, 0.1) is 0 Å². The second-order valence-electron chi connectivity index (χ2n) is 1.59. The van der Waals surface area contributed by atoms with Crippen LogP contribution in [0.4, 0.5) is 0 Å². The van der Waals surface area contributed by atoms with E-state index in [1.54, 1.807) is 6.08 Å². The third-order valence-electron chi connectivity index (χ3n) is 0.939. The van der Waals surface area contributed by atoms with Crippen LogP contribution in [0.3, 0.4) is 0 Å². The minimum absolute atomic E-state index is 0.819. The molecule has 1 aliphatic rings. The van der Waals surface area contributed by atoms with Crippen LogP contribution in [-0.4, -0.2) is 28.8 Å². The maximum Gasteiger partial charge on any atom is 0.174 e. The van der Waals surface area contributed by atoms with Crippen molar-refractivity contribution in [1.29, 1.82) is 0 Å². The first-order valence-corrected chi connectivity index (χ1v) is 2.37. The Kier molecular flexibility index (Phi) is 1.41. The summed E-state index contributed by atoms with van der Waals surface area (Å²) in [5, 5.41) is 17.4. The molecule has 0 fully saturated rings. The number of hydrogen-bond acceptors (Lipinski definition) is 3. The maximum absolute atomic E-state index is 8.73. The maximum atomic E-state index is 8.73. The molecule has 2 N–H and O–H groups in total. The van der Waals surface area contributed by atoms with Gasteiger partial charge < -0.3 is 10.2 Å². The predicted octanol–water partition coefficient (Wildman–Crippen LogP) is -0.694. The highest BCUT2D eigenvalue weighted by Crippen LogP contribution is 1.99. The van der Waals surface area contributed by atoms with Crippen LogP contribution in [0, 0.1) is 0 Å². The number of nitrogens with zero attached hydrogens (tertiary/aromatic N) is 1. The molecule has 0 spiro atoms. The van der Waals surface area contributed by atoms with Gasteiger partial charge in [-0.15, -0.1) is 0 Å². The van der Waals surface area contributed by atoms with E-state index >= 15 is 0 Å². The van der Waals surface area contributed by atoms with Crippen LogP contribution in [0.2, 0.25) is 0 Å². The highest BCUT2D eigenvalue weighted by Gasteiger charge is 2.11. The first-order valence-electron chi connectivity index (χ1n) is 2.37. The molecule has 0 aromatic rings. The topological polar surface area (TPSA) is 52.8 Å². The van der Waals surface area contributed by atoms with Crippen molar-refractivity contribution < 1.29 is 10.2 Å². The van der Waals surface area contributed by atoms with Gasteiger partial charge in [0.25, 0.3) is 0 Å². The normalized spacial score (nSPS) is 35.8. The largest absolute Gasteiger partial charge is 0.384 e. The average molecular weight is 113 g/mol. The average Bonchev–Trinajstić information content (AvgIpc) is 1.77. The molecule has 2 unspecified atom stereocenters. The van der Waals surface area contributed by atoms with Crippen molar-refractivity contribution in [3.8, 4) is 0 Å². The molecule has 8 heavy (non-hydrogen) atoms. The minimum Gasteiger partial charge on any atom is -0.384 e. The number of dihydropyridines is 1. The van der Waals surface area contributed by atoms with Crippen molar-refractivity contribution in [2.45, 2.75) is 12.3 Å². The van der Waals surface area contributed by atoms with Crippen LogP contribution in [-0.2, 0) is 0 Å². The van der Waals surface area contributed by atoms with Gasteiger partial charge in [0.15, 0.2) is 6.23 Å². The lowest BCUT2D eigenvalue weighted by molar-refractivity contribution is 0.0544. The van der Waals surface area contributed by atoms with Crippen LogP contribution < -0.4 is 0 Å². The van der Waals surface area contributed by atoms with Gasteiger partial charge >= 0.3 is 0 Å². The Balaban J connectivity index is 2.59. The fourth-order valence-corrected chi connectivity index (χ4v) is 0.489. The zero-order chi connectivity index (χ0) is 5.98. The van der Waals surface area contributed by atoms with Gasteiger partial charge in [-0.05, 0) is 6.08 Å². The third kappa shape index (κ3) is 0.936. The summed E-state index contributed by atoms with van der Waals surface area (Å²) in [6.07, 6.45) is 2.76. The van der Waals surface area contributed by atoms with Crippen molar-refractivity contribution in [2.24, 2.45) is 4.99 Å². The molecule has 0 saturated heterocycles. The summed E-state index contributed by atoms with van der Waals surface area (Å²) in [6.45, 7) is 0. The van der Waals surface area contributed by atoms with E-state index < -0.39 is 12.3 Å². The Morgan fingerprint density at radius 1 is 1.38 bits per heavy atom. The fourth-order valence-electron chi connectivity index (χ4n) is 0.489. The van der Waals surface area contributed by atoms with Crippen LogP contribution in [0.15, 0.2) is 17.1 Å². The van der Waals surface area contributed by atoms with E-state index in [0.29, 0.717) is 0 Å². The third-order valence-corrected chi connectivity index (χ3v) is 0.939. The molecule has 44 valence electrons. The van der Waals surface area contributed by atoms with E-state index in [0.717, 1.165) is 0 Å². The molecular formula is C5H7NO2. The molecule has 0 radical (unpaired) electrons. The lowest BCUT2D eigenvalue weighted by Crippen LogP contribution is -2.23. The highest BCUT2D eigenvalue weighted by atomic mass is 16.3. The van der Waals surface area contributed by atoms with E-state index in [4.69, 9.17) is 10.2 Å². The number of allylic oxidation sites excluding steroid dienone is 1. The summed E-state index contributed by atoms with van der Waals surface area (Å²) in [5.41, 5.74) is 0. The number of aliphatic hydroxyl groups excluding tert-OH is 2. The second kappa shape index (κ2) is 2.07. The van der Waals surface area contributed by atoms with E-state index in [1.165, 1.54) is 12.3 Å². The van der Waals surface area contributed by atoms with Gasteiger partial charge in [-0.25, -0.2) is 0 Å². The number of rotatable bonds is 0. The van der Waals surface area contributed by atoms with Crippen molar-refractivity contribution >= 4 is 6.21 Å². The summed E-state index contributed by atoms with van der Waals surface area (Å²) < 4.78 is 0. The lowest BCUT2D eigenvalue weighted by atomic mass is 10.2. The summed E-state index contributed by atoms with van der Waals surface area (Å²) in [7, 11) is 0. The molecule has 0 aromatic carbocycles. The van der Waals surface area contributed by atoms with Gasteiger partial charge in [0.2, 0.25) is 0 Å². The van der Waals surface area contributed by atoms with Gasteiger partial charge in [-0.2, -0.15) is 0 Å². The Labute approximate surface area is 47.0 Å². The Hall–Kier alpha value is -0.670. The number of hydrogen-bond donors (Lipinski definition) is 2.